The zero-order chi connectivity index (χ0) is 7.56. The fourth-order valence-corrected chi connectivity index (χ4v) is 0.600. The molecular weight excluding hydrogens is 135 g/mol. The lowest BCUT2D eigenvalue weighted by Crippen LogP contribution is -1.95. The summed E-state index contributed by atoms with van der Waals surface area (Å²) in [7, 11) is 1.43. The molecule has 0 atom stereocenters. The number of aromatic nitrogens is 2. The van der Waals surface area contributed by atoms with Gasteiger partial charge < -0.3 is 4.74 Å². The number of methoxy groups -OCH3 is 1. The number of rotatable bonds is 1. The smallest absolute Gasteiger partial charge is 0.239 e. The molecule has 0 aliphatic rings. The summed E-state index contributed by atoms with van der Waals surface area (Å²) < 4.78 is 17.3. The standard InChI is InChI=1S/C6H7FN2O/c1-4-5(7)3-8-9-6(4)10-2/h3H,1-2H3. The van der Waals surface area contributed by atoms with Crippen LogP contribution in [0.25, 0.3) is 0 Å². The summed E-state index contributed by atoms with van der Waals surface area (Å²) in [6.45, 7) is 1.59. The van der Waals surface area contributed by atoms with Crippen LogP contribution < -0.4 is 4.74 Å². The van der Waals surface area contributed by atoms with Gasteiger partial charge in [0.2, 0.25) is 5.88 Å². The molecular formula is C6H7FN2O. The summed E-state index contributed by atoms with van der Waals surface area (Å²) in [5.41, 5.74) is 0.387. The molecule has 0 N–H and O–H groups in total. The normalized spacial score (nSPS) is 9.50. The van der Waals surface area contributed by atoms with E-state index in [-0.39, 0.29) is 5.88 Å². The van der Waals surface area contributed by atoms with Crippen LogP contribution in [-0.2, 0) is 0 Å². The first-order valence-corrected chi connectivity index (χ1v) is 2.77. The molecule has 0 saturated carbocycles. The summed E-state index contributed by atoms with van der Waals surface area (Å²) in [6, 6.07) is 0. The lowest BCUT2D eigenvalue weighted by molar-refractivity contribution is 0.382. The van der Waals surface area contributed by atoms with Gasteiger partial charge in [-0.1, -0.05) is 0 Å². The zero-order valence-corrected chi connectivity index (χ0v) is 5.76. The molecule has 0 fully saturated rings. The van der Waals surface area contributed by atoms with E-state index in [1.54, 1.807) is 6.92 Å². The number of nitrogens with zero attached hydrogens (tertiary/aromatic N) is 2. The molecule has 10 heavy (non-hydrogen) atoms. The van der Waals surface area contributed by atoms with Crippen molar-refractivity contribution < 1.29 is 9.13 Å². The average molecular weight is 142 g/mol. The fraction of sp³-hybridized carbons (Fsp3) is 0.333. The maximum absolute atomic E-state index is 12.6. The molecule has 0 aliphatic carbocycles. The van der Waals surface area contributed by atoms with Crippen molar-refractivity contribution in [1.29, 1.82) is 0 Å². The molecule has 54 valence electrons. The van der Waals surface area contributed by atoms with E-state index in [1.165, 1.54) is 7.11 Å². The third-order valence-electron chi connectivity index (χ3n) is 1.19. The summed E-state index contributed by atoms with van der Waals surface area (Å²) in [5, 5.41) is 6.91. The fourth-order valence-electron chi connectivity index (χ4n) is 0.600. The van der Waals surface area contributed by atoms with Gasteiger partial charge in [-0.25, -0.2) is 4.39 Å². The Bertz CT molecular complexity index is 239. The molecule has 3 nitrogen and oxygen atoms in total. The highest BCUT2D eigenvalue weighted by atomic mass is 19.1. The van der Waals surface area contributed by atoms with Crippen molar-refractivity contribution in [3.8, 4) is 5.88 Å². The van der Waals surface area contributed by atoms with Gasteiger partial charge in [0, 0.05) is 0 Å². The van der Waals surface area contributed by atoms with Crippen molar-refractivity contribution in [2.24, 2.45) is 0 Å². The topological polar surface area (TPSA) is 35.0 Å². The van der Waals surface area contributed by atoms with E-state index in [2.05, 4.69) is 10.2 Å². The molecule has 0 aromatic carbocycles. The van der Waals surface area contributed by atoms with E-state index in [0.717, 1.165) is 6.20 Å². The molecule has 0 amide bonds. The highest BCUT2D eigenvalue weighted by Crippen LogP contribution is 2.13. The number of halogens is 1. The first kappa shape index (κ1) is 6.92. The van der Waals surface area contributed by atoms with E-state index < -0.39 is 5.82 Å². The number of hydrogen-bond acceptors (Lipinski definition) is 3. The Labute approximate surface area is 57.8 Å². The Balaban J connectivity index is 3.14. The van der Waals surface area contributed by atoms with Gasteiger partial charge in [0.05, 0.1) is 18.9 Å². The molecule has 0 aliphatic heterocycles. The molecule has 1 heterocycles. The Morgan fingerprint density at radius 2 is 2.30 bits per heavy atom. The third-order valence-corrected chi connectivity index (χ3v) is 1.19. The van der Waals surface area contributed by atoms with Gasteiger partial charge >= 0.3 is 0 Å². The van der Waals surface area contributed by atoms with Crippen molar-refractivity contribution in [3.63, 3.8) is 0 Å². The van der Waals surface area contributed by atoms with Crippen molar-refractivity contribution >= 4 is 0 Å². The molecule has 4 heteroatoms. The van der Waals surface area contributed by atoms with Gasteiger partial charge in [0.25, 0.3) is 0 Å². The van der Waals surface area contributed by atoms with Crippen LogP contribution in [0.5, 0.6) is 5.88 Å². The van der Waals surface area contributed by atoms with Crippen LogP contribution in [0, 0.1) is 12.7 Å². The first-order valence-electron chi connectivity index (χ1n) is 2.77. The van der Waals surface area contributed by atoms with Crippen molar-refractivity contribution in [2.75, 3.05) is 7.11 Å². The van der Waals surface area contributed by atoms with Crippen molar-refractivity contribution in [2.45, 2.75) is 6.92 Å². The highest BCUT2D eigenvalue weighted by Gasteiger charge is 2.04. The quantitative estimate of drug-likeness (QED) is 0.585. The van der Waals surface area contributed by atoms with E-state index in [1.807, 2.05) is 0 Å². The van der Waals surface area contributed by atoms with Crippen LogP contribution in [0.15, 0.2) is 6.20 Å². The molecule has 0 spiro atoms. The Kier molecular flexibility index (Phi) is 1.80. The largest absolute Gasteiger partial charge is 0.480 e. The summed E-state index contributed by atoms with van der Waals surface area (Å²) in [4.78, 5) is 0. The Morgan fingerprint density at radius 1 is 1.60 bits per heavy atom. The van der Waals surface area contributed by atoms with Gasteiger partial charge in [0.15, 0.2) is 5.82 Å². The minimum Gasteiger partial charge on any atom is -0.480 e. The minimum atomic E-state index is -0.396. The summed E-state index contributed by atoms with van der Waals surface area (Å²) in [5.74, 6) is -0.160. The molecule has 0 bridgehead atoms. The van der Waals surface area contributed by atoms with Gasteiger partial charge in [-0.2, -0.15) is 5.10 Å². The lowest BCUT2D eigenvalue weighted by atomic mass is 10.3. The van der Waals surface area contributed by atoms with Gasteiger partial charge in [-0.05, 0) is 6.92 Å². The van der Waals surface area contributed by atoms with Crippen LogP contribution in [0.4, 0.5) is 4.39 Å². The Morgan fingerprint density at radius 3 is 2.80 bits per heavy atom. The monoisotopic (exact) mass is 142 g/mol. The van der Waals surface area contributed by atoms with Gasteiger partial charge in [-0.3, -0.25) is 0 Å². The minimum absolute atomic E-state index is 0.236. The van der Waals surface area contributed by atoms with Crippen LogP contribution in [-0.4, -0.2) is 17.3 Å². The maximum Gasteiger partial charge on any atom is 0.239 e. The van der Waals surface area contributed by atoms with E-state index in [0.29, 0.717) is 5.56 Å². The second kappa shape index (κ2) is 2.60. The maximum atomic E-state index is 12.6. The third kappa shape index (κ3) is 1.05. The van der Waals surface area contributed by atoms with Gasteiger partial charge in [0.1, 0.15) is 0 Å². The molecule has 1 aromatic rings. The summed E-state index contributed by atoms with van der Waals surface area (Å²) >= 11 is 0. The Hall–Kier alpha value is -1.19. The molecule has 0 saturated heterocycles. The predicted octanol–water partition coefficient (Wildman–Crippen LogP) is 0.933. The predicted molar refractivity (Wildman–Crippen MR) is 33.3 cm³/mol. The summed E-state index contributed by atoms with van der Waals surface area (Å²) in [6.07, 6.45) is 1.05. The zero-order valence-electron chi connectivity index (χ0n) is 5.76. The molecule has 0 unspecified atom stereocenters. The van der Waals surface area contributed by atoms with Crippen molar-refractivity contribution in [1.82, 2.24) is 10.2 Å². The van der Waals surface area contributed by atoms with Gasteiger partial charge in [-0.15, -0.1) is 5.10 Å². The SMILES string of the molecule is COc1nncc(F)c1C. The molecule has 1 aromatic heterocycles. The second-order valence-electron chi connectivity index (χ2n) is 1.83. The van der Waals surface area contributed by atoms with Crippen molar-refractivity contribution in [3.05, 3.63) is 17.6 Å². The van der Waals surface area contributed by atoms with Crippen LogP contribution in [0.3, 0.4) is 0 Å². The number of ether oxygens (including phenoxy) is 1. The lowest BCUT2D eigenvalue weighted by Gasteiger charge is -2.00. The highest BCUT2D eigenvalue weighted by molar-refractivity contribution is 5.22. The van der Waals surface area contributed by atoms with Crippen LogP contribution in [0.1, 0.15) is 5.56 Å². The second-order valence-corrected chi connectivity index (χ2v) is 1.83. The molecule has 0 radical (unpaired) electrons. The van der Waals surface area contributed by atoms with E-state index in [4.69, 9.17) is 4.74 Å². The first-order chi connectivity index (χ1) is 4.75. The average Bonchev–Trinajstić information content (AvgIpc) is 1.95. The van der Waals surface area contributed by atoms with E-state index in [9.17, 15) is 4.39 Å². The molecule has 1 rings (SSSR count). The van der Waals surface area contributed by atoms with Crippen LogP contribution in [0.2, 0.25) is 0 Å². The van der Waals surface area contributed by atoms with E-state index >= 15 is 0 Å². The van der Waals surface area contributed by atoms with Crippen LogP contribution >= 0.6 is 0 Å². The number of hydrogen-bond donors (Lipinski definition) is 0.